The molecule has 0 amide bonds. The summed E-state index contributed by atoms with van der Waals surface area (Å²) in [6.45, 7) is 0.0904. The highest BCUT2D eigenvalue weighted by molar-refractivity contribution is 7.80. The van der Waals surface area contributed by atoms with Crippen LogP contribution in [0.5, 0.6) is 0 Å². The summed E-state index contributed by atoms with van der Waals surface area (Å²) < 4.78 is 15.5. The molecule has 1 aromatic rings. The molecule has 1 fully saturated rings. The molecule has 1 saturated heterocycles. The van der Waals surface area contributed by atoms with Gasteiger partial charge in [-0.3, -0.25) is 0 Å². The lowest BCUT2D eigenvalue weighted by Gasteiger charge is -2.40. The maximum absolute atomic E-state index is 12.1. The molecule has 1 aromatic carbocycles. The number of halogens is 1. The molecular formula is C14H17ClO6S. The van der Waals surface area contributed by atoms with E-state index in [1.165, 1.54) is 19.2 Å². The second kappa shape index (κ2) is 7.63. The fraction of sp³-hybridized carbons (Fsp3) is 0.500. The van der Waals surface area contributed by atoms with Crippen molar-refractivity contribution >= 4 is 30.2 Å². The van der Waals surface area contributed by atoms with E-state index in [2.05, 4.69) is 12.6 Å². The van der Waals surface area contributed by atoms with E-state index in [1.807, 2.05) is 0 Å². The fourth-order valence-electron chi connectivity index (χ4n) is 2.13. The average Bonchev–Trinajstić information content (AvgIpc) is 2.49. The molecule has 5 atom stereocenters. The molecule has 2 N–H and O–H groups in total. The van der Waals surface area contributed by atoms with E-state index in [-0.39, 0.29) is 12.2 Å². The Hall–Kier alpha value is -0.830. The topological polar surface area (TPSA) is 85.2 Å². The van der Waals surface area contributed by atoms with Crippen LogP contribution in [-0.4, -0.2) is 59.8 Å². The van der Waals surface area contributed by atoms with E-state index in [1.54, 1.807) is 12.1 Å². The molecule has 2 rings (SSSR count). The minimum absolute atomic E-state index is 0.0904. The van der Waals surface area contributed by atoms with Gasteiger partial charge >= 0.3 is 5.97 Å². The lowest BCUT2D eigenvalue weighted by Crippen LogP contribution is -2.58. The highest BCUT2D eigenvalue weighted by Gasteiger charge is 2.45. The van der Waals surface area contributed by atoms with Crippen LogP contribution in [0.1, 0.15) is 10.4 Å². The number of methoxy groups -OCH3 is 1. The summed E-state index contributed by atoms with van der Waals surface area (Å²) in [6, 6.07) is 6.10. The molecule has 1 aliphatic heterocycles. The Morgan fingerprint density at radius 2 is 1.95 bits per heavy atom. The molecule has 122 valence electrons. The smallest absolute Gasteiger partial charge is 0.338 e. The summed E-state index contributed by atoms with van der Waals surface area (Å²) in [5.74, 6) is -0.666. The molecule has 0 aromatic heterocycles. The second-order valence-corrected chi connectivity index (χ2v) is 5.82. The van der Waals surface area contributed by atoms with Crippen molar-refractivity contribution in [2.75, 3.05) is 13.7 Å². The summed E-state index contributed by atoms with van der Waals surface area (Å²) in [4.78, 5) is 12.1. The van der Waals surface area contributed by atoms with E-state index >= 15 is 0 Å². The third-order valence-electron chi connectivity index (χ3n) is 3.32. The van der Waals surface area contributed by atoms with Gasteiger partial charge in [0.25, 0.3) is 0 Å². The number of hydrogen-bond donors (Lipinski definition) is 3. The van der Waals surface area contributed by atoms with Crippen molar-refractivity contribution in [2.24, 2.45) is 0 Å². The quantitative estimate of drug-likeness (QED) is 0.553. The summed E-state index contributed by atoms with van der Waals surface area (Å²) in [6.07, 6.45) is -4.42. The van der Waals surface area contributed by atoms with Crippen LogP contribution in [0, 0.1) is 0 Å². The van der Waals surface area contributed by atoms with Crippen molar-refractivity contribution < 1.29 is 29.2 Å². The number of carbonyl (C=O) groups is 1. The van der Waals surface area contributed by atoms with Crippen LogP contribution >= 0.6 is 24.2 Å². The lowest BCUT2D eigenvalue weighted by molar-refractivity contribution is -0.207. The Morgan fingerprint density at radius 3 is 2.55 bits per heavy atom. The van der Waals surface area contributed by atoms with Gasteiger partial charge < -0.3 is 24.4 Å². The Morgan fingerprint density at radius 1 is 1.32 bits per heavy atom. The Balaban J connectivity index is 2.05. The average molecular weight is 349 g/mol. The van der Waals surface area contributed by atoms with Crippen LogP contribution in [0.3, 0.4) is 0 Å². The predicted molar refractivity (Wildman–Crippen MR) is 82.2 cm³/mol. The van der Waals surface area contributed by atoms with Crippen LogP contribution in [0.4, 0.5) is 0 Å². The van der Waals surface area contributed by atoms with E-state index in [0.29, 0.717) is 5.02 Å². The molecule has 6 nitrogen and oxygen atoms in total. The first-order valence-corrected chi connectivity index (χ1v) is 7.48. The van der Waals surface area contributed by atoms with Crippen LogP contribution in [-0.2, 0) is 14.2 Å². The maximum Gasteiger partial charge on any atom is 0.338 e. The molecule has 0 aliphatic carbocycles. The number of hydrogen-bond acceptors (Lipinski definition) is 7. The normalized spacial score (nSPS) is 31.8. The van der Waals surface area contributed by atoms with Gasteiger partial charge in [0, 0.05) is 12.1 Å². The van der Waals surface area contributed by atoms with Crippen LogP contribution in [0.15, 0.2) is 24.3 Å². The molecule has 1 heterocycles. The van der Waals surface area contributed by atoms with Crippen molar-refractivity contribution in [1.82, 2.24) is 0 Å². The second-order valence-electron chi connectivity index (χ2n) is 4.88. The van der Waals surface area contributed by atoms with E-state index in [4.69, 9.17) is 25.8 Å². The van der Waals surface area contributed by atoms with Crippen molar-refractivity contribution in [3.05, 3.63) is 34.9 Å². The van der Waals surface area contributed by atoms with Gasteiger partial charge in [0.2, 0.25) is 0 Å². The zero-order valence-corrected chi connectivity index (χ0v) is 13.4. The highest BCUT2D eigenvalue weighted by atomic mass is 35.5. The summed E-state index contributed by atoms with van der Waals surface area (Å²) in [5.41, 5.74) is -0.611. The molecule has 8 heteroatoms. The standard InChI is InChI=1S/C14H17ClO6S/c1-19-6-9-10(16)11(17)12(14(22)20-9)21-13(18)7-2-4-8(15)5-3-7/h2-5,9-12,14,16-17,22H,6H2,1H3/t9-,10+,11+,12-,14+/m1/s1. The third-order valence-corrected chi connectivity index (χ3v) is 3.98. The fourth-order valence-corrected chi connectivity index (χ4v) is 2.65. The molecule has 0 unspecified atom stereocenters. The molecule has 1 aliphatic rings. The number of ether oxygens (including phenoxy) is 3. The number of rotatable bonds is 4. The van der Waals surface area contributed by atoms with Gasteiger partial charge in [-0.1, -0.05) is 11.6 Å². The molecular weight excluding hydrogens is 332 g/mol. The largest absolute Gasteiger partial charge is 0.452 e. The molecule has 0 bridgehead atoms. The van der Waals surface area contributed by atoms with Crippen molar-refractivity contribution in [3.8, 4) is 0 Å². The lowest BCUT2D eigenvalue weighted by atomic mass is 10.00. The SMILES string of the molecule is COC[C@H]1O[C@@H](S)[C@H](OC(=O)c2ccc(Cl)cc2)[C@@H](O)[C@H]1O. The van der Waals surface area contributed by atoms with Crippen LogP contribution in [0.2, 0.25) is 5.02 Å². The summed E-state index contributed by atoms with van der Waals surface area (Å²) in [5, 5.41) is 20.6. The van der Waals surface area contributed by atoms with E-state index < -0.39 is 35.8 Å². The zero-order chi connectivity index (χ0) is 16.3. The van der Waals surface area contributed by atoms with Crippen molar-refractivity contribution in [1.29, 1.82) is 0 Å². The van der Waals surface area contributed by atoms with Gasteiger partial charge in [-0.25, -0.2) is 4.79 Å². The molecule has 0 saturated carbocycles. The Kier molecular flexibility index (Phi) is 6.08. The number of aliphatic hydroxyl groups is 2. The molecule has 0 spiro atoms. The highest BCUT2D eigenvalue weighted by Crippen LogP contribution is 2.26. The summed E-state index contributed by atoms with van der Waals surface area (Å²) in [7, 11) is 1.45. The van der Waals surface area contributed by atoms with Crippen LogP contribution < -0.4 is 0 Å². The van der Waals surface area contributed by atoms with Crippen LogP contribution in [0.25, 0.3) is 0 Å². The minimum Gasteiger partial charge on any atom is -0.452 e. The number of benzene rings is 1. The molecule has 0 radical (unpaired) electrons. The predicted octanol–water partition coefficient (Wildman–Crippen LogP) is 0.888. The van der Waals surface area contributed by atoms with Crippen molar-refractivity contribution in [2.45, 2.75) is 29.9 Å². The Labute approximate surface area is 138 Å². The van der Waals surface area contributed by atoms with Crippen molar-refractivity contribution in [3.63, 3.8) is 0 Å². The van der Waals surface area contributed by atoms with Gasteiger partial charge in [0.15, 0.2) is 6.10 Å². The monoisotopic (exact) mass is 348 g/mol. The first kappa shape index (κ1) is 17.5. The van der Waals surface area contributed by atoms with Gasteiger partial charge in [-0.2, -0.15) is 0 Å². The molecule has 22 heavy (non-hydrogen) atoms. The van der Waals surface area contributed by atoms with E-state index in [9.17, 15) is 15.0 Å². The number of thiol groups is 1. The van der Waals surface area contributed by atoms with Gasteiger partial charge in [0.1, 0.15) is 23.7 Å². The summed E-state index contributed by atoms with van der Waals surface area (Å²) >= 11 is 9.91. The maximum atomic E-state index is 12.1. The first-order chi connectivity index (χ1) is 10.4. The number of aliphatic hydroxyl groups excluding tert-OH is 2. The van der Waals surface area contributed by atoms with Gasteiger partial charge in [-0.05, 0) is 24.3 Å². The number of carbonyl (C=O) groups excluding carboxylic acids is 1. The minimum atomic E-state index is -1.33. The number of esters is 1. The van der Waals surface area contributed by atoms with E-state index in [0.717, 1.165) is 0 Å². The Bertz CT molecular complexity index is 511. The third kappa shape index (κ3) is 3.92. The zero-order valence-electron chi connectivity index (χ0n) is 11.8. The van der Waals surface area contributed by atoms with Gasteiger partial charge in [0.05, 0.1) is 12.2 Å². The van der Waals surface area contributed by atoms with Gasteiger partial charge in [-0.15, -0.1) is 12.6 Å². The first-order valence-electron chi connectivity index (χ1n) is 6.59.